The van der Waals surface area contributed by atoms with Crippen LogP contribution in [0.25, 0.3) is 11.3 Å². The zero-order valence-electron chi connectivity index (χ0n) is 17.3. The maximum atomic E-state index is 15.1. The third-order valence-corrected chi connectivity index (χ3v) is 7.34. The molecule has 0 bridgehead atoms. The summed E-state index contributed by atoms with van der Waals surface area (Å²) in [4.78, 5) is 0. The molecule has 0 radical (unpaired) electrons. The molecular weight excluding hydrogens is 407 g/mol. The summed E-state index contributed by atoms with van der Waals surface area (Å²) in [6.07, 6.45) is 4.99. The molecule has 5 nitrogen and oxygen atoms in total. The number of rotatable bonds is 5. The van der Waals surface area contributed by atoms with Crippen LogP contribution in [-0.4, -0.2) is 35.1 Å². The molecule has 2 aromatic rings. The Kier molecular flexibility index (Phi) is 4.18. The van der Waals surface area contributed by atoms with E-state index in [4.69, 9.17) is 9.47 Å². The number of aromatic nitrogens is 2. The van der Waals surface area contributed by atoms with Crippen molar-refractivity contribution in [1.82, 2.24) is 10.2 Å². The molecule has 1 aromatic heterocycles. The number of hydrogen-bond donors (Lipinski definition) is 1. The van der Waals surface area contributed by atoms with E-state index < -0.39 is 17.3 Å². The second-order valence-corrected chi connectivity index (χ2v) is 9.39. The summed E-state index contributed by atoms with van der Waals surface area (Å²) >= 11 is 0. The van der Waals surface area contributed by atoms with Gasteiger partial charge in [-0.25, -0.2) is 13.2 Å². The first kappa shape index (κ1) is 19.5. The highest BCUT2D eigenvalue weighted by molar-refractivity contribution is 5.70. The monoisotopic (exact) mass is 431 g/mol. The number of ether oxygens (including phenoxy) is 2. The highest BCUT2D eigenvalue weighted by Gasteiger charge is 2.49. The van der Waals surface area contributed by atoms with Crippen molar-refractivity contribution in [1.29, 1.82) is 0 Å². The third-order valence-electron chi connectivity index (χ3n) is 7.34. The first-order valence-corrected chi connectivity index (χ1v) is 10.9. The summed E-state index contributed by atoms with van der Waals surface area (Å²) in [7, 11) is 1.68. The molecule has 164 valence electrons. The number of nitrogens with zero attached hydrogens (tertiary/aromatic N) is 2. The van der Waals surface area contributed by atoms with E-state index in [1.807, 2.05) is 0 Å². The van der Waals surface area contributed by atoms with Gasteiger partial charge in [0.15, 0.2) is 5.82 Å². The number of alkyl halides is 1. The number of hydrogen-bond acceptors (Lipinski definition) is 5. The van der Waals surface area contributed by atoms with Crippen molar-refractivity contribution in [2.75, 3.05) is 12.4 Å². The number of anilines is 1. The molecule has 1 spiro atoms. The van der Waals surface area contributed by atoms with Crippen LogP contribution in [0.15, 0.2) is 12.1 Å². The Morgan fingerprint density at radius 3 is 2.39 bits per heavy atom. The van der Waals surface area contributed by atoms with Crippen molar-refractivity contribution in [3.05, 3.63) is 40.5 Å². The van der Waals surface area contributed by atoms with Gasteiger partial charge in [-0.1, -0.05) is 0 Å². The fraction of sp³-hybridized carbons (Fsp3) is 0.565. The van der Waals surface area contributed by atoms with Crippen molar-refractivity contribution < 1.29 is 22.6 Å². The van der Waals surface area contributed by atoms with Crippen molar-refractivity contribution in [2.24, 2.45) is 0 Å². The summed E-state index contributed by atoms with van der Waals surface area (Å²) < 4.78 is 56.1. The normalized spacial score (nSPS) is 26.8. The van der Waals surface area contributed by atoms with Gasteiger partial charge in [-0.2, -0.15) is 0 Å². The van der Waals surface area contributed by atoms with Gasteiger partial charge in [-0.05, 0) is 61.8 Å². The van der Waals surface area contributed by atoms with E-state index in [0.717, 1.165) is 48.9 Å². The Labute approximate surface area is 178 Å². The molecule has 3 aliphatic carbocycles. The minimum Gasteiger partial charge on any atom is -0.379 e. The van der Waals surface area contributed by atoms with E-state index in [0.29, 0.717) is 31.7 Å². The van der Waals surface area contributed by atoms with Crippen LogP contribution in [0.3, 0.4) is 0 Å². The fourth-order valence-corrected chi connectivity index (χ4v) is 4.78. The Balaban J connectivity index is 1.43. The predicted octanol–water partition coefficient (Wildman–Crippen LogP) is 4.58. The van der Waals surface area contributed by atoms with E-state index in [9.17, 15) is 4.39 Å². The Morgan fingerprint density at radius 2 is 1.81 bits per heavy atom. The van der Waals surface area contributed by atoms with Gasteiger partial charge in [-0.15, -0.1) is 10.2 Å². The summed E-state index contributed by atoms with van der Waals surface area (Å²) in [6.45, 7) is 0.319. The molecule has 0 saturated heterocycles. The average Bonchev–Trinajstić information content (AvgIpc) is 3.65. The zero-order chi connectivity index (χ0) is 21.4. The summed E-state index contributed by atoms with van der Waals surface area (Å²) in [5, 5.41) is 11.9. The van der Waals surface area contributed by atoms with Gasteiger partial charge in [0.2, 0.25) is 0 Å². The highest BCUT2D eigenvalue weighted by Crippen LogP contribution is 2.52. The van der Waals surface area contributed by atoms with Gasteiger partial charge < -0.3 is 14.8 Å². The van der Waals surface area contributed by atoms with Crippen molar-refractivity contribution in [3.8, 4) is 11.3 Å². The standard InChI is InChI=1S/C23H24F3N3O2/c1-30-18-3-2-17(18)27-21-14-11-31-22(4-5-22)10-13(14)20(28-29-21)19-15(24)8-12(9-16(19)25)23(26)6-7-23/h8-9,17-18H,2-7,10-11H2,1H3,(H,27,29)/t17-,18-/m1/s1. The molecule has 3 saturated carbocycles. The van der Waals surface area contributed by atoms with Crippen LogP contribution < -0.4 is 5.32 Å². The number of benzene rings is 1. The first-order chi connectivity index (χ1) is 14.9. The SMILES string of the molecule is CO[C@@H]1CC[C@H]1Nc1nnc(-c2c(F)cc(C3(F)CC3)cc2F)c2c1COC1(CC1)C2. The molecule has 8 heteroatoms. The molecule has 0 amide bonds. The zero-order valence-corrected chi connectivity index (χ0v) is 17.3. The lowest BCUT2D eigenvalue weighted by Gasteiger charge is -2.37. The van der Waals surface area contributed by atoms with E-state index >= 15 is 8.78 Å². The number of fused-ring (bicyclic) bond motifs is 1. The molecule has 0 unspecified atom stereocenters. The number of nitrogens with one attached hydrogen (secondary N) is 1. The topological polar surface area (TPSA) is 56.3 Å². The van der Waals surface area contributed by atoms with Crippen molar-refractivity contribution in [3.63, 3.8) is 0 Å². The highest BCUT2D eigenvalue weighted by atomic mass is 19.1. The van der Waals surface area contributed by atoms with Gasteiger partial charge in [0.25, 0.3) is 0 Å². The molecule has 6 rings (SSSR count). The molecule has 1 aromatic carbocycles. The van der Waals surface area contributed by atoms with Gasteiger partial charge in [0.05, 0.1) is 29.9 Å². The second kappa shape index (κ2) is 6.65. The average molecular weight is 431 g/mol. The Bertz CT molecular complexity index is 1040. The molecule has 2 atom stereocenters. The third kappa shape index (κ3) is 3.14. The van der Waals surface area contributed by atoms with E-state index in [1.165, 1.54) is 0 Å². The van der Waals surface area contributed by atoms with Crippen LogP contribution in [0, 0.1) is 11.6 Å². The first-order valence-electron chi connectivity index (χ1n) is 10.9. The molecule has 1 N–H and O–H groups in total. The van der Waals surface area contributed by atoms with Gasteiger partial charge >= 0.3 is 0 Å². The fourth-order valence-electron chi connectivity index (χ4n) is 4.78. The van der Waals surface area contributed by atoms with Crippen molar-refractivity contribution in [2.45, 2.75) is 75.0 Å². The van der Waals surface area contributed by atoms with Crippen LogP contribution in [0.1, 0.15) is 55.2 Å². The number of methoxy groups -OCH3 is 1. The predicted molar refractivity (Wildman–Crippen MR) is 107 cm³/mol. The lowest BCUT2D eigenvalue weighted by atomic mass is 9.88. The van der Waals surface area contributed by atoms with E-state index in [-0.39, 0.29) is 34.6 Å². The van der Waals surface area contributed by atoms with Crippen LogP contribution in [0.5, 0.6) is 0 Å². The molecule has 3 fully saturated rings. The van der Waals surface area contributed by atoms with Gasteiger partial charge in [0.1, 0.15) is 23.0 Å². The molecule has 4 aliphatic rings. The quantitative estimate of drug-likeness (QED) is 0.751. The molecule has 1 aliphatic heterocycles. The van der Waals surface area contributed by atoms with E-state index in [1.54, 1.807) is 7.11 Å². The molecular formula is C23H24F3N3O2. The Hall–Kier alpha value is -2.19. The maximum absolute atomic E-state index is 15.1. The molecule has 2 heterocycles. The van der Waals surface area contributed by atoms with Crippen LogP contribution >= 0.6 is 0 Å². The summed E-state index contributed by atoms with van der Waals surface area (Å²) in [6, 6.07) is 2.34. The van der Waals surface area contributed by atoms with Crippen LogP contribution in [-0.2, 0) is 28.2 Å². The smallest absolute Gasteiger partial charge is 0.154 e. The lowest BCUT2D eigenvalue weighted by Crippen LogP contribution is -2.44. The van der Waals surface area contributed by atoms with Crippen LogP contribution in [0.2, 0.25) is 0 Å². The number of halogens is 3. The van der Waals surface area contributed by atoms with Gasteiger partial charge in [-0.3, -0.25) is 0 Å². The molecule has 31 heavy (non-hydrogen) atoms. The van der Waals surface area contributed by atoms with Crippen LogP contribution in [0.4, 0.5) is 19.0 Å². The minimum atomic E-state index is -1.61. The summed E-state index contributed by atoms with van der Waals surface area (Å²) in [5.41, 5.74) is -0.304. The Morgan fingerprint density at radius 1 is 1.06 bits per heavy atom. The summed E-state index contributed by atoms with van der Waals surface area (Å²) in [5.74, 6) is -1.02. The lowest BCUT2D eigenvalue weighted by molar-refractivity contribution is 0.00776. The maximum Gasteiger partial charge on any atom is 0.154 e. The van der Waals surface area contributed by atoms with Crippen molar-refractivity contribution >= 4 is 5.82 Å². The van der Waals surface area contributed by atoms with E-state index in [2.05, 4.69) is 15.5 Å². The van der Waals surface area contributed by atoms with Gasteiger partial charge in [0, 0.05) is 19.1 Å². The minimum absolute atomic E-state index is 0.0592. The largest absolute Gasteiger partial charge is 0.379 e. The second-order valence-electron chi connectivity index (χ2n) is 9.39.